The fourth-order valence-corrected chi connectivity index (χ4v) is 2.19. The summed E-state index contributed by atoms with van der Waals surface area (Å²) in [6, 6.07) is 3.36. The van der Waals surface area contributed by atoms with E-state index in [1.807, 2.05) is 24.6 Å². The third-order valence-electron chi connectivity index (χ3n) is 3.07. The van der Waals surface area contributed by atoms with E-state index in [2.05, 4.69) is 20.1 Å². The van der Waals surface area contributed by atoms with Crippen molar-refractivity contribution in [2.24, 2.45) is 0 Å². The van der Waals surface area contributed by atoms with E-state index in [9.17, 15) is 9.90 Å². The molecule has 0 atom stereocenters. The Morgan fingerprint density at radius 3 is 3.00 bits per heavy atom. The lowest BCUT2D eigenvalue weighted by molar-refractivity contribution is 0.0698. The number of carboxylic acid groups (broad SMARTS) is 1. The average Bonchev–Trinajstić information content (AvgIpc) is 3.00. The number of aromatic carboxylic acids is 1. The monoisotopic (exact) mass is 271 g/mol. The first-order chi connectivity index (χ1) is 9.60. The molecular formula is C13H13N5O2. The molecule has 3 rings (SSSR count). The molecule has 0 spiro atoms. The quantitative estimate of drug-likeness (QED) is 0.757. The fraction of sp³-hybridized carbons (Fsp3) is 0.231. The third kappa shape index (κ3) is 1.83. The predicted octanol–water partition coefficient (Wildman–Crippen LogP) is 1.85. The van der Waals surface area contributed by atoms with Crippen molar-refractivity contribution in [1.29, 1.82) is 0 Å². The number of aryl methyl sites for hydroxylation is 2. The molecule has 102 valence electrons. The number of pyridine rings is 1. The number of rotatable bonds is 3. The van der Waals surface area contributed by atoms with E-state index in [1.165, 1.54) is 12.3 Å². The molecule has 7 heteroatoms. The van der Waals surface area contributed by atoms with Gasteiger partial charge in [0.15, 0.2) is 11.5 Å². The molecule has 3 heterocycles. The van der Waals surface area contributed by atoms with Crippen LogP contribution in [-0.4, -0.2) is 35.8 Å². The lowest BCUT2D eigenvalue weighted by Crippen LogP contribution is -2.00. The van der Waals surface area contributed by atoms with Gasteiger partial charge in [-0.25, -0.2) is 14.8 Å². The number of carboxylic acids is 1. The van der Waals surface area contributed by atoms with Gasteiger partial charge in [0.2, 0.25) is 0 Å². The van der Waals surface area contributed by atoms with E-state index < -0.39 is 5.97 Å². The van der Waals surface area contributed by atoms with Crippen molar-refractivity contribution in [3.05, 3.63) is 29.6 Å². The number of nitrogens with zero attached hydrogens (tertiary/aromatic N) is 4. The molecule has 3 aromatic heterocycles. The summed E-state index contributed by atoms with van der Waals surface area (Å²) in [5, 5.41) is 13.5. The first-order valence-electron chi connectivity index (χ1n) is 6.23. The molecule has 3 aromatic rings. The summed E-state index contributed by atoms with van der Waals surface area (Å²) in [4.78, 5) is 22.7. The van der Waals surface area contributed by atoms with Gasteiger partial charge in [-0.2, -0.15) is 5.10 Å². The Kier molecular flexibility index (Phi) is 2.74. The van der Waals surface area contributed by atoms with Crippen LogP contribution in [-0.2, 0) is 6.54 Å². The topological polar surface area (TPSA) is 96.7 Å². The number of imidazole rings is 1. The third-order valence-corrected chi connectivity index (χ3v) is 3.07. The number of nitrogens with one attached hydrogen (secondary N) is 1. The van der Waals surface area contributed by atoms with Crippen molar-refractivity contribution in [3.8, 4) is 11.5 Å². The summed E-state index contributed by atoms with van der Waals surface area (Å²) < 4.78 is 1.81. The van der Waals surface area contributed by atoms with Crippen molar-refractivity contribution in [2.45, 2.75) is 20.4 Å². The van der Waals surface area contributed by atoms with Crippen LogP contribution in [0.1, 0.15) is 23.0 Å². The van der Waals surface area contributed by atoms with E-state index in [-0.39, 0.29) is 5.56 Å². The second-order valence-corrected chi connectivity index (χ2v) is 4.43. The predicted molar refractivity (Wildman–Crippen MR) is 72.5 cm³/mol. The second kappa shape index (κ2) is 4.44. The number of hydrogen-bond acceptors (Lipinski definition) is 4. The van der Waals surface area contributed by atoms with Crippen molar-refractivity contribution in [3.63, 3.8) is 0 Å². The van der Waals surface area contributed by atoms with Gasteiger partial charge in [-0.3, -0.25) is 4.68 Å². The van der Waals surface area contributed by atoms with Crippen LogP contribution in [0.5, 0.6) is 0 Å². The lowest BCUT2D eigenvalue weighted by atomic mass is 10.2. The van der Waals surface area contributed by atoms with Gasteiger partial charge in [-0.15, -0.1) is 0 Å². The Morgan fingerprint density at radius 2 is 2.30 bits per heavy atom. The Balaban J connectivity index is 2.23. The van der Waals surface area contributed by atoms with E-state index in [4.69, 9.17) is 0 Å². The standard InChI is InChI=1S/C13H13N5O2/c1-3-18-9(6-7(2)17-18)11-15-10-8(13(19)20)4-5-14-12(10)16-11/h4-6H,3H2,1-2H3,(H,19,20)(H,14,15,16). The Morgan fingerprint density at radius 1 is 1.50 bits per heavy atom. The number of fused-ring (bicyclic) bond motifs is 1. The lowest BCUT2D eigenvalue weighted by Gasteiger charge is -2.00. The van der Waals surface area contributed by atoms with Crippen LogP contribution in [0.3, 0.4) is 0 Å². The SMILES string of the molecule is CCn1nc(C)cc1-c1nc2nccc(C(=O)O)c2[nH]1. The maximum atomic E-state index is 11.2. The number of H-pyrrole nitrogens is 1. The van der Waals surface area contributed by atoms with Crippen molar-refractivity contribution < 1.29 is 9.90 Å². The van der Waals surface area contributed by atoms with E-state index in [0.717, 1.165) is 11.4 Å². The molecule has 0 amide bonds. The van der Waals surface area contributed by atoms with Crippen LogP contribution in [0.4, 0.5) is 0 Å². The fourth-order valence-electron chi connectivity index (χ4n) is 2.19. The summed E-state index contributed by atoms with van der Waals surface area (Å²) in [7, 11) is 0. The van der Waals surface area contributed by atoms with E-state index in [1.54, 1.807) is 0 Å². The molecule has 0 fully saturated rings. The minimum Gasteiger partial charge on any atom is -0.478 e. The maximum Gasteiger partial charge on any atom is 0.338 e. The molecule has 0 saturated carbocycles. The molecule has 0 aromatic carbocycles. The van der Waals surface area contributed by atoms with E-state index >= 15 is 0 Å². The maximum absolute atomic E-state index is 11.2. The second-order valence-electron chi connectivity index (χ2n) is 4.43. The molecule has 0 aliphatic carbocycles. The molecule has 0 aliphatic rings. The van der Waals surface area contributed by atoms with Crippen molar-refractivity contribution in [1.82, 2.24) is 24.7 Å². The normalized spacial score (nSPS) is 11.1. The van der Waals surface area contributed by atoms with Crippen LogP contribution in [0, 0.1) is 6.92 Å². The van der Waals surface area contributed by atoms with Gasteiger partial charge in [0, 0.05) is 12.7 Å². The van der Waals surface area contributed by atoms with Gasteiger partial charge < -0.3 is 10.1 Å². The summed E-state index contributed by atoms with van der Waals surface area (Å²) >= 11 is 0. The van der Waals surface area contributed by atoms with Crippen molar-refractivity contribution >= 4 is 17.1 Å². The Hall–Kier alpha value is -2.70. The molecule has 7 nitrogen and oxygen atoms in total. The smallest absolute Gasteiger partial charge is 0.338 e. The molecule has 0 radical (unpaired) electrons. The summed E-state index contributed by atoms with van der Waals surface area (Å²) in [5.41, 5.74) is 2.68. The van der Waals surface area contributed by atoms with Crippen LogP contribution < -0.4 is 0 Å². The summed E-state index contributed by atoms with van der Waals surface area (Å²) in [6.45, 7) is 4.60. The molecular weight excluding hydrogens is 258 g/mol. The highest BCUT2D eigenvalue weighted by Gasteiger charge is 2.16. The molecule has 0 bridgehead atoms. The zero-order valence-electron chi connectivity index (χ0n) is 11.1. The first-order valence-corrected chi connectivity index (χ1v) is 6.23. The highest BCUT2D eigenvalue weighted by Crippen LogP contribution is 2.22. The Labute approximate surface area is 114 Å². The van der Waals surface area contributed by atoms with Gasteiger partial charge in [0.05, 0.1) is 16.8 Å². The Bertz CT molecular complexity index is 802. The number of aromatic nitrogens is 5. The largest absolute Gasteiger partial charge is 0.478 e. The molecule has 20 heavy (non-hydrogen) atoms. The highest BCUT2D eigenvalue weighted by molar-refractivity contribution is 6.00. The minimum atomic E-state index is -1.01. The molecule has 0 aliphatic heterocycles. The van der Waals surface area contributed by atoms with Crippen LogP contribution in [0.15, 0.2) is 18.3 Å². The van der Waals surface area contributed by atoms with Crippen LogP contribution in [0.2, 0.25) is 0 Å². The molecule has 2 N–H and O–H groups in total. The highest BCUT2D eigenvalue weighted by atomic mass is 16.4. The average molecular weight is 271 g/mol. The van der Waals surface area contributed by atoms with Gasteiger partial charge in [-0.05, 0) is 26.0 Å². The first kappa shape index (κ1) is 12.3. The van der Waals surface area contributed by atoms with Gasteiger partial charge in [0.25, 0.3) is 0 Å². The number of carbonyl (C=O) groups is 1. The number of hydrogen-bond donors (Lipinski definition) is 2. The van der Waals surface area contributed by atoms with Gasteiger partial charge in [0.1, 0.15) is 5.69 Å². The zero-order valence-corrected chi connectivity index (χ0v) is 11.1. The molecule has 0 saturated heterocycles. The van der Waals surface area contributed by atoms with Gasteiger partial charge in [-0.1, -0.05) is 0 Å². The number of aromatic amines is 1. The van der Waals surface area contributed by atoms with Gasteiger partial charge >= 0.3 is 5.97 Å². The summed E-state index contributed by atoms with van der Waals surface area (Å²) in [6.07, 6.45) is 1.44. The summed E-state index contributed by atoms with van der Waals surface area (Å²) in [5.74, 6) is -0.434. The van der Waals surface area contributed by atoms with Crippen molar-refractivity contribution in [2.75, 3.05) is 0 Å². The zero-order chi connectivity index (χ0) is 14.3. The van der Waals surface area contributed by atoms with Crippen LogP contribution >= 0.6 is 0 Å². The van der Waals surface area contributed by atoms with Crippen LogP contribution in [0.25, 0.3) is 22.7 Å². The minimum absolute atomic E-state index is 0.160. The van der Waals surface area contributed by atoms with E-state index in [0.29, 0.717) is 23.5 Å². The molecule has 0 unspecified atom stereocenters.